The number of hydrogen-bond donors (Lipinski definition) is 1. The van der Waals surface area contributed by atoms with Crippen LogP contribution in [0.5, 0.6) is 0 Å². The van der Waals surface area contributed by atoms with Gasteiger partial charge in [-0.2, -0.15) is 0 Å². The van der Waals surface area contributed by atoms with Crippen LogP contribution in [0, 0.1) is 5.92 Å². The maximum absolute atomic E-state index is 11.7. The van der Waals surface area contributed by atoms with E-state index in [1.165, 1.54) is 5.56 Å². The van der Waals surface area contributed by atoms with Crippen LogP contribution in [0.2, 0.25) is 0 Å². The fraction of sp³-hybridized carbons (Fsp3) is 0.562. The summed E-state index contributed by atoms with van der Waals surface area (Å²) in [6.45, 7) is 2.83. The second-order valence-corrected chi connectivity index (χ2v) is 5.40. The molecule has 0 unspecified atom stereocenters. The highest BCUT2D eigenvalue weighted by molar-refractivity contribution is 5.75. The smallest absolute Gasteiger partial charge is 0.325 e. The van der Waals surface area contributed by atoms with Crippen LogP contribution in [0.1, 0.15) is 25.3 Å². The van der Waals surface area contributed by atoms with Gasteiger partial charge in [-0.3, -0.25) is 4.79 Å². The van der Waals surface area contributed by atoms with E-state index >= 15 is 0 Å². The van der Waals surface area contributed by atoms with Gasteiger partial charge in [-0.1, -0.05) is 30.3 Å². The van der Waals surface area contributed by atoms with Gasteiger partial charge in [-0.05, 0) is 37.7 Å². The quantitative estimate of drug-likeness (QED) is 0.857. The van der Waals surface area contributed by atoms with E-state index in [2.05, 4.69) is 12.1 Å². The Labute approximate surface area is 120 Å². The molecule has 1 aliphatic heterocycles. The second kappa shape index (κ2) is 7.41. The highest BCUT2D eigenvalue weighted by Crippen LogP contribution is 2.21. The number of nitrogens with two attached hydrogens (primary N) is 1. The van der Waals surface area contributed by atoms with Gasteiger partial charge in [0.15, 0.2) is 0 Å². The van der Waals surface area contributed by atoms with E-state index in [1.54, 1.807) is 0 Å². The minimum absolute atomic E-state index is 0.112. The first-order valence-corrected chi connectivity index (χ1v) is 7.24. The Morgan fingerprint density at radius 1 is 1.30 bits per heavy atom. The first-order valence-electron chi connectivity index (χ1n) is 7.24. The van der Waals surface area contributed by atoms with E-state index in [0.717, 1.165) is 19.3 Å². The molecule has 0 amide bonds. The molecule has 2 N–H and O–H groups in total. The molecule has 4 heteroatoms. The fourth-order valence-corrected chi connectivity index (χ4v) is 2.49. The molecule has 3 atom stereocenters. The van der Waals surface area contributed by atoms with E-state index in [1.807, 2.05) is 25.1 Å². The van der Waals surface area contributed by atoms with Crippen LogP contribution in [-0.4, -0.2) is 31.3 Å². The molecule has 1 heterocycles. The largest absolute Gasteiger partial charge is 0.461 e. The highest BCUT2D eigenvalue weighted by atomic mass is 16.5. The number of carbonyl (C=O) groups is 1. The summed E-state index contributed by atoms with van der Waals surface area (Å²) in [6.07, 6.45) is 2.75. The second-order valence-electron chi connectivity index (χ2n) is 5.40. The average Bonchev–Trinajstić information content (AvgIpc) is 2.51. The average molecular weight is 277 g/mol. The van der Waals surface area contributed by atoms with Gasteiger partial charge in [0.05, 0.1) is 6.61 Å². The van der Waals surface area contributed by atoms with Crippen LogP contribution in [0.15, 0.2) is 30.3 Å². The van der Waals surface area contributed by atoms with Crippen LogP contribution < -0.4 is 5.73 Å². The SMILES string of the molecule is C[C@@H]1OC(=O)[C@@H](N)COCC[C@H]1CCc1ccccc1. The number of rotatable bonds is 3. The van der Waals surface area contributed by atoms with Gasteiger partial charge in [-0.25, -0.2) is 0 Å². The first-order chi connectivity index (χ1) is 9.66. The molecule has 1 saturated heterocycles. The van der Waals surface area contributed by atoms with Crippen LogP contribution in [0.25, 0.3) is 0 Å². The van der Waals surface area contributed by atoms with Crippen molar-refractivity contribution < 1.29 is 14.3 Å². The predicted octanol–water partition coefficient (Wildman–Crippen LogP) is 1.91. The maximum Gasteiger partial charge on any atom is 0.325 e. The molecule has 2 rings (SSSR count). The van der Waals surface area contributed by atoms with Gasteiger partial charge in [0.25, 0.3) is 0 Å². The summed E-state index contributed by atoms with van der Waals surface area (Å²) in [5.74, 6) is -0.0476. The van der Waals surface area contributed by atoms with E-state index in [-0.39, 0.29) is 18.7 Å². The molecule has 110 valence electrons. The van der Waals surface area contributed by atoms with Crippen LogP contribution >= 0.6 is 0 Å². The highest BCUT2D eigenvalue weighted by Gasteiger charge is 2.26. The lowest BCUT2D eigenvalue weighted by molar-refractivity contribution is -0.152. The van der Waals surface area contributed by atoms with Crippen molar-refractivity contribution >= 4 is 5.97 Å². The molecule has 0 aromatic heterocycles. The Balaban J connectivity index is 1.92. The Bertz CT molecular complexity index is 421. The van der Waals surface area contributed by atoms with Crippen molar-refractivity contribution in [2.45, 2.75) is 38.3 Å². The van der Waals surface area contributed by atoms with E-state index in [0.29, 0.717) is 12.5 Å². The molecule has 4 nitrogen and oxygen atoms in total. The lowest BCUT2D eigenvalue weighted by Gasteiger charge is -2.23. The van der Waals surface area contributed by atoms with Gasteiger partial charge in [-0.15, -0.1) is 0 Å². The van der Waals surface area contributed by atoms with Crippen molar-refractivity contribution in [3.05, 3.63) is 35.9 Å². The maximum atomic E-state index is 11.7. The van der Waals surface area contributed by atoms with Crippen LogP contribution in [0.4, 0.5) is 0 Å². The zero-order chi connectivity index (χ0) is 14.4. The van der Waals surface area contributed by atoms with Crippen molar-refractivity contribution in [1.82, 2.24) is 0 Å². The molecule has 0 spiro atoms. The van der Waals surface area contributed by atoms with Gasteiger partial charge in [0.1, 0.15) is 12.1 Å². The topological polar surface area (TPSA) is 61.5 Å². The molecule has 0 saturated carbocycles. The summed E-state index contributed by atoms with van der Waals surface area (Å²) in [6, 6.07) is 9.69. The number of aryl methyl sites for hydroxylation is 1. The van der Waals surface area contributed by atoms with E-state index in [9.17, 15) is 4.79 Å². The summed E-state index contributed by atoms with van der Waals surface area (Å²) >= 11 is 0. The molecule has 0 aliphatic carbocycles. The normalized spacial score (nSPS) is 28.1. The third-order valence-electron chi connectivity index (χ3n) is 3.85. The zero-order valence-electron chi connectivity index (χ0n) is 12.0. The number of carbonyl (C=O) groups excluding carboxylic acids is 1. The fourth-order valence-electron chi connectivity index (χ4n) is 2.49. The van der Waals surface area contributed by atoms with Gasteiger partial charge in [0, 0.05) is 6.61 Å². The van der Waals surface area contributed by atoms with Crippen LogP contribution in [0.3, 0.4) is 0 Å². The monoisotopic (exact) mass is 277 g/mol. The Morgan fingerprint density at radius 2 is 2.05 bits per heavy atom. The minimum Gasteiger partial charge on any atom is -0.461 e. The van der Waals surface area contributed by atoms with E-state index < -0.39 is 6.04 Å². The number of esters is 1. The number of hydrogen-bond acceptors (Lipinski definition) is 4. The molecule has 1 aromatic carbocycles. The third kappa shape index (κ3) is 4.32. The van der Waals surface area contributed by atoms with Gasteiger partial charge < -0.3 is 15.2 Å². The van der Waals surface area contributed by atoms with Crippen molar-refractivity contribution in [1.29, 1.82) is 0 Å². The zero-order valence-corrected chi connectivity index (χ0v) is 12.0. The number of ether oxygens (including phenoxy) is 2. The summed E-state index contributed by atoms with van der Waals surface area (Å²) in [4.78, 5) is 11.7. The van der Waals surface area contributed by atoms with Crippen molar-refractivity contribution in [2.24, 2.45) is 11.7 Å². The lowest BCUT2D eigenvalue weighted by atomic mass is 9.92. The van der Waals surface area contributed by atoms with Gasteiger partial charge in [0.2, 0.25) is 0 Å². The van der Waals surface area contributed by atoms with E-state index in [4.69, 9.17) is 15.2 Å². The minimum atomic E-state index is -0.662. The molecular weight excluding hydrogens is 254 g/mol. The van der Waals surface area contributed by atoms with Crippen LogP contribution in [-0.2, 0) is 20.7 Å². The number of cyclic esters (lactones) is 1. The summed E-state index contributed by atoms with van der Waals surface area (Å²) < 4.78 is 10.9. The Morgan fingerprint density at radius 3 is 2.80 bits per heavy atom. The molecule has 1 aromatic rings. The molecule has 1 fully saturated rings. The molecular formula is C16H23NO3. The molecule has 0 bridgehead atoms. The standard InChI is InChI=1S/C16H23NO3/c1-12-14(8-7-13-5-3-2-4-6-13)9-10-19-11-15(17)16(18)20-12/h2-6,12,14-15H,7-11,17H2,1H3/t12-,14+,15-/m0/s1. The summed E-state index contributed by atoms with van der Waals surface area (Å²) in [5, 5.41) is 0. The Hall–Kier alpha value is -1.39. The Kier molecular flexibility index (Phi) is 5.56. The summed E-state index contributed by atoms with van der Waals surface area (Å²) in [7, 11) is 0. The third-order valence-corrected chi connectivity index (χ3v) is 3.85. The summed E-state index contributed by atoms with van der Waals surface area (Å²) in [5.41, 5.74) is 7.00. The van der Waals surface area contributed by atoms with Crippen molar-refractivity contribution in [3.8, 4) is 0 Å². The first kappa shape index (κ1) is 15.0. The van der Waals surface area contributed by atoms with Gasteiger partial charge >= 0.3 is 5.97 Å². The molecule has 20 heavy (non-hydrogen) atoms. The lowest BCUT2D eigenvalue weighted by Crippen LogP contribution is -2.38. The molecule has 1 aliphatic rings. The predicted molar refractivity (Wildman–Crippen MR) is 77.2 cm³/mol. The van der Waals surface area contributed by atoms with Crippen molar-refractivity contribution in [2.75, 3.05) is 13.2 Å². The molecule has 0 radical (unpaired) electrons. The number of benzene rings is 1. The van der Waals surface area contributed by atoms with Crippen molar-refractivity contribution in [3.63, 3.8) is 0 Å².